The normalized spacial score (nSPS) is 17.6. The van der Waals surface area contributed by atoms with Gasteiger partial charge in [0.25, 0.3) is 0 Å². The van der Waals surface area contributed by atoms with Gasteiger partial charge in [-0.1, -0.05) is 11.8 Å². The highest BCUT2D eigenvalue weighted by atomic mass is 32.2. The van der Waals surface area contributed by atoms with Crippen LogP contribution in [0.4, 0.5) is 0 Å². The summed E-state index contributed by atoms with van der Waals surface area (Å²) in [6.45, 7) is 3.53. The van der Waals surface area contributed by atoms with Crippen LogP contribution < -0.4 is 5.32 Å². The summed E-state index contributed by atoms with van der Waals surface area (Å²) in [7, 11) is 4.13. The molecule has 0 spiro atoms. The Balaban J connectivity index is 1.70. The lowest BCUT2D eigenvalue weighted by Crippen LogP contribution is -2.41. The summed E-state index contributed by atoms with van der Waals surface area (Å²) in [6.07, 6.45) is 2.62. The molecule has 2 rings (SSSR count). The first-order valence-electron chi connectivity index (χ1n) is 8.44. The van der Waals surface area contributed by atoms with Crippen LogP contribution in [0.1, 0.15) is 29.8 Å². The maximum atomic E-state index is 12.1. The summed E-state index contributed by atoms with van der Waals surface area (Å²) in [6, 6.07) is 0.262. The number of nitrogens with zero attached hydrogens (tertiary/aromatic N) is 3. The Hall–Kier alpha value is -1.16. The smallest absolute Gasteiger partial charge is 0.355 e. The van der Waals surface area contributed by atoms with Gasteiger partial charge in [-0.2, -0.15) is 0 Å². The molecule has 1 aromatic rings. The quantitative estimate of drug-likeness (QED) is 0.440. The summed E-state index contributed by atoms with van der Waals surface area (Å²) < 4.78 is 0.738. The summed E-state index contributed by atoms with van der Waals surface area (Å²) in [5, 5.41) is 13.9. The molecule has 1 atom stereocenters. The van der Waals surface area contributed by atoms with Gasteiger partial charge in [0.15, 0.2) is 10.0 Å². The van der Waals surface area contributed by atoms with E-state index in [1.165, 1.54) is 23.1 Å². The van der Waals surface area contributed by atoms with Gasteiger partial charge in [-0.25, -0.2) is 9.78 Å². The van der Waals surface area contributed by atoms with Crippen molar-refractivity contribution in [3.8, 4) is 0 Å². The van der Waals surface area contributed by atoms with Crippen molar-refractivity contribution in [3.05, 3.63) is 11.1 Å². The maximum absolute atomic E-state index is 12.1. The van der Waals surface area contributed by atoms with Crippen LogP contribution in [-0.2, 0) is 4.79 Å². The fourth-order valence-corrected chi connectivity index (χ4v) is 4.56. The lowest BCUT2D eigenvalue weighted by molar-refractivity contribution is -0.128. The van der Waals surface area contributed by atoms with Gasteiger partial charge in [0.1, 0.15) is 0 Å². The number of carboxylic acids is 1. The molecular weight excluding hydrogens is 360 g/mol. The van der Waals surface area contributed by atoms with E-state index in [2.05, 4.69) is 29.3 Å². The molecule has 0 saturated carbocycles. The lowest BCUT2D eigenvalue weighted by atomic mass is 10.2. The van der Waals surface area contributed by atoms with Crippen LogP contribution in [0.2, 0.25) is 0 Å². The van der Waals surface area contributed by atoms with Gasteiger partial charge in [-0.3, -0.25) is 4.79 Å². The van der Waals surface area contributed by atoms with Crippen molar-refractivity contribution in [2.24, 2.45) is 0 Å². The van der Waals surface area contributed by atoms with E-state index in [0.29, 0.717) is 13.0 Å². The minimum absolute atomic E-state index is 0.0875. The molecule has 9 heteroatoms. The first kappa shape index (κ1) is 20.2. The van der Waals surface area contributed by atoms with Crippen LogP contribution in [0.5, 0.6) is 0 Å². The minimum Gasteiger partial charge on any atom is -0.476 e. The van der Waals surface area contributed by atoms with Crippen LogP contribution >= 0.6 is 23.1 Å². The Morgan fingerprint density at radius 3 is 3.04 bits per heavy atom. The number of carbonyl (C=O) groups excluding carboxylic acids is 1. The fourth-order valence-electron chi connectivity index (χ4n) is 2.75. The molecule has 1 aliphatic rings. The molecule has 0 aliphatic carbocycles. The second-order valence-electron chi connectivity index (χ2n) is 6.29. The van der Waals surface area contributed by atoms with E-state index >= 15 is 0 Å². The predicted molar refractivity (Wildman–Crippen MR) is 101 cm³/mol. The average molecular weight is 387 g/mol. The highest BCUT2D eigenvalue weighted by Gasteiger charge is 2.30. The second kappa shape index (κ2) is 10.1. The Morgan fingerprint density at radius 1 is 1.56 bits per heavy atom. The molecule has 140 valence electrons. The van der Waals surface area contributed by atoms with Gasteiger partial charge in [0.05, 0.1) is 0 Å². The topological polar surface area (TPSA) is 85.8 Å². The highest BCUT2D eigenvalue weighted by molar-refractivity contribution is 8.01. The van der Waals surface area contributed by atoms with Gasteiger partial charge in [0, 0.05) is 36.7 Å². The standard InChI is InChI=1S/C16H26N4O3S2/c1-19(2)7-3-6-17-10-12-4-5-14(21)20(12)8-9-24-16-18-13(11-25-16)15(22)23/h11-12,17H,3-10H2,1-2H3,(H,22,23). The van der Waals surface area contributed by atoms with E-state index < -0.39 is 5.97 Å². The van der Waals surface area contributed by atoms with Crippen LogP contribution in [0.15, 0.2) is 9.72 Å². The van der Waals surface area contributed by atoms with E-state index in [9.17, 15) is 9.59 Å². The van der Waals surface area contributed by atoms with Crippen molar-refractivity contribution >= 4 is 35.0 Å². The molecule has 0 aromatic carbocycles. The maximum Gasteiger partial charge on any atom is 0.355 e. The molecule has 0 bridgehead atoms. The third kappa shape index (κ3) is 6.58. The third-order valence-electron chi connectivity index (χ3n) is 4.05. The van der Waals surface area contributed by atoms with Gasteiger partial charge in [0.2, 0.25) is 5.91 Å². The number of amides is 1. The third-order valence-corrected chi connectivity index (χ3v) is 6.05. The number of carboxylic acid groups (broad SMARTS) is 1. The number of aromatic nitrogens is 1. The van der Waals surface area contributed by atoms with Crippen molar-refractivity contribution < 1.29 is 14.7 Å². The van der Waals surface area contributed by atoms with E-state index in [-0.39, 0.29) is 17.6 Å². The van der Waals surface area contributed by atoms with Gasteiger partial charge < -0.3 is 20.2 Å². The monoisotopic (exact) mass is 386 g/mol. The number of carbonyl (C=O) groups is 2. The Kier molecular flexibility index (Phi) is 8.14. The number of likely N-dealkylation sites (tertiary alicyclic amines) is 1. The number of aromatic carboxylic acids is 1. The summed E-state index contributed by atoms with van der Waals surface area (Å²) in [4.78, 5) is 31.1. The van der Waals surface area contributed by atoms with E-state index in [1.807, 2.05) is 4.90 Å². The fraction of sp³-hybridized carbons (Fsp3) is 0.688. The molecule has 1 amide bonds. The number of rotatable bonds is 11. The van der Waals surface area contributed by atoms with E-state index in [0.717, 1.165) is 42.6 Å². The van der Waals surface area contributed by atoms with Crippen molar-refractivity contribution in [3.63, 3.8) is 0 Å². The summed E-state index contributed by atoms with van der Waals surface area (Å²) in [5.74, 6) is -0.0561. The number of thiazole rings is 1. The van der Waals surface area contributed by atoms with Gasteiger partial charge in [-0.05, 0) is 40.0 Å². The molecule has 1 fully saturated rings. The number of thioether (sulfide) groups is 1. The molecule has 1 saturated heterocycles. The molecule has 1 unspecified atom stereocenters. The number of hydrogen-bond donors (Lipinski definition) is 2. The van der Waals surface area contributed by atoms with Crippen molar-refractivity contribution in [2.45, 2.75) is 29.6 Å². The van der Waals surface area contributed by atoms with Crippen LogP contribution in [-0.4, -0.2) is 83.8 Å². The first-order valence-corrected chi connectivity index (χ1v) is 10.3. The Morgan fingerprint density at radius 2 is 2.36 bits per heavy atom. The predicted octanol–water partition coefficient (Wildman–Crippen LogP) is 1.47. The Labute approximate surface area is 156 Å². The van der Waals surface area contributed by atoms with E-state index in [1.54, 1.807) is 5.38 Å². The zero-order valence-corrected chi connectivity index (χ0v) is 16.4. The minimum atomic E-state index is -1.00. The second-order valence-corrected chi connectivity index (χ2v) is 8.49. The molecule has 7 nitrogen and oxygen atoms in total. The molecule has 1 aromatic heterocycles. The molecule has 2 heterocycles. The molecule has 25 heavy (non-hydrogen) atoms. The molecule has 1 aliphatic heterocycles. The molecular formula is C16H26N4O3S2. The van der Waals surface area contributed by atoms with E-state index in [4.69, 9.17) is 5.11 Å². The lowest BCUT2D eigenvalue weighted by Gasteiger charge is -2.25. The molecule has 2 N–H and O–H groups in total. The SMILES string of the molecule is CN(C)CCCNCC1CCC(=O)N1CCSc1nc(C(=O)O)cs1. The molecule has 0 radical (unpaired) electrons. The number of hydrogen-bond acceptors (Lipinski definition) is 7. The van der Waals surface area contributed by atoms with Crippen LogP contribution in [0.3, 0.4) is 0 Å². The Bertz CT molecular complexity index is 579. The number of nitrogens with one attached hydrogen (secondary N) is 1. The average Bonchev–Trinajstić information content (AvgIpc) is 3.15. The van der Waals surface area contributed by atoms with Crippen molar-refractivity contribution in [2.75, 3.05) is 46.0 Å². The van der Waals surface area contributed by atoms with Gasteiger partial charge >= 0.3 is 5.97 Å². The summed E-state index contributed by atoms with van der Waals surface area (Å²) in [5.41, 5.74) is 0.0875. The van der Waals surface area contributed by atoms with Crippen LogP contribution in [0.25, 0.3) is 0 Å². The summed E-state index contributed by atoms with van der Waals surface area (Å²) >= 11 is 2.84. The van der Waals surface area contributed by atoms with Crippen molar-refractivity contribution in [1.29, 1.82) is 0 Å². The zero-order valence-electron chi connectivity index (χ0n) is 14.7. The first-order chi connectivity index (χ1) is 12.0. The highest BCUT2D eigenvalue weighted by Crippen LogP contribution is 2.24. The van der Waals surface area contributed by atoms with Crippen molar-refractivity contribution in [1.82, 2.24) is 20.1 Å². The largest absolute Gasteiger partial charge is 0.476 e. The van der Waals surface area contributed by atoms with Crippen LogP contribution in [0, 0.1) is 0 Å². The van der Waals surface area contributed by atoms with Gasteiger partial charge in [-0.15, -0.1) is 11.3 Å². The zero-order chi connectivity index (χ0) is 18.2.